The van der Waals surface area contributed by atoms with Crippen LogP contribution in [-0.4, -0.2) is 31.7 Å². The van der Waals surface area contributed by atoms with Crippen LogP contribution < -0.4 is 9.47 Å². The zero-order chi connectivity index (χ0) is 13.9. The van der Waals surface area contributed by atoms with E-state index in [-0.39, 0.29) is 11.9 Å². The fourth-order valence-electron chi connectivity index (χ4n) is 2.49. The van der Waals surface area contributed by atoms with Gasteiger partial charge in [-0.3, -0.25) is 4.79 Å². The molecule has 0 saturated carbocycles. The molecule has 1 unspecified atom stereocenters. The van der Waals surface area contributed by atoms with Crippen LogP contribution in [0.25, 0.3) is 0 Å². The number of carbonyl (C=O) groups is 1. The Kier molecular flexibility index (Phi) is 4.13. The highest BCUT2D eigenvalue weighted by Gasteiger charge is 2.26. The number of benzene rings is 1. The summed E-state index contributed by atoms with van der Waals surface area (Å²) in [6.45, 7) is 1.82. The van der Waals surface area contributed by atoms with E-state index in [1.54, 1.807) is 12.1 Å². The third-order valence-corrected chi connectivity index (χ3v) is 3.89. The number of carbonyl (C=O) groups excluding carboxylic acids is 1. The first kappa shape index (κ1) is 13.7. The van der Waals surface area contributed by atoms with E-state index in [4.69, 9.17) is 25.8 Å². The number of ketones is 1. The highest BCUT2D eigenvalue weighted by Crippen LogP contribution is 2.36. The molecule has 5 heteroatoms. The molecule has 0 spiro atoms. The fourth-order valence-corrected chi connectivity index (χ4v) is 2.74. The summed E-state index contributed by atoms with van der Waals surface area (Å²) in [6, 6.07) is 3.35. The summed E-state index contributed by atoms with van der Waals surface area (Å²) in [5.41, 5.74) is 0.461. The molecule has 0 aromatic heterocycles. The van der Waals surface area contributed by atoms with Gasteiger partial charge in [0, 0.05) is 24.7 Å². The van der Waals surface area contributed by atoms with Gasteiger partial charge in [0.25, 0.3) is 0 Å². The van der Waals surface area contributed by atoms with Crippen LogP contribution in [0.3, 0.4) is 0 Å². The molecule has 0 amide bonds. The summed E-state index contributed by atoms with van der Waals surface area (Å²) in [7, 11) is 0. The molecule has 2 heterocycles. The van der Waals surface area contributed by atoms with Crippen molar-refractivity contribution >= 4 is 17.4 Å². The largest absolute Gasteiger partial charge is 0.490 e. The number of halogens is 1. The molecule has 1 fully saturated rings. The van der Waals surface area contributed by atoms with Crippen molar-refractivity contribution in [1.82, 2.24) is 0 Å². The summed E-state index contributed by atoms with van der Waals surface area (Å²) < 4.78 is 16.7. The van der Waals surface area contributed by atoms with Gasteiger partial charge in [-0.2, -0.15) is 0 Å². The van der Waals surface area contributed by atoms with Gasteiger partial charge in [0.2, 0.25) is 0 Å². The molecule has 1 aromatic rings. The SMILES string of the molecule is O=C(c1cc2c(cc1Cl)OCCCO2)C1CCCCO1. The predicted molar refractivity (Wildman–Crippen MR) is 75.0 cm³/mol. The van der Waals surface area contributed by atoms with Crippen LogP contribution in [0, 0.1) is 0 Å². The maximum absolute atomic E-state index is 12.5. The van der Waals surface area contributed by atoms with Crippen molar-refractivity contribution in [1.29, 1.82) is 0 Å². The monoisotopic (exact) mass is 296 g/mol. The topological polar surface area (TPSA) is 44.8 Å². The fraction of sp³-hybridized carbons (Fsp3) is 0.533. The number of Topliss-reactive ketones (excluding diaryl/α,β-unsaturated/α-hetero) is 1. The summed E-state index contributed by atoms with van der Waals surface area (Å²) in [4.78, 5) is 12.5. The van der Waals surface area contributed by atoms with Crippen molar-refractivity contribution in [2.45, 2.75) is 31.8 Å². The van der Waals surface area contributed by atoms with Crippen molar-refractivity contribution in [3.05, 3.63) is 22.7 Å². The van der Waals surface area contributed by atoms with Gasteiger partial charge in [0.05, 0.1) is 18.2 Å². The summed E-state index contributed by atoms with van der Waals surface area (Å²) in [5, 5.41) is 0.397. The Labute approximate surface area is 123 Å². The van der Waals surface area contributed by atoms with Crippen molar-refractivity contribution in [2.75, 3.05) is 19.8 Å². The van der Waals surface area contributed by atoms with E-state index in [9.17, 15) is 4.79 Å². The Bertz CT molecular complexity index is 509. The van der Waals surface area contributed by atoms with Gasteiger partial charge >= 0.3 is 0 Å². The number of ether oxygens (including phenoxy) is 3. The van der Waals surface area contributed by atoms with Crippen LogP contribution in [0.15, 0.2) is 12.1 Å². The Morgan fingerprint density at radius 3 is 2.50 bits per heavy atom. The van der Waals surface area contributed by atoms with E-state index in [1.807, 2.05) is 0 Å². The summed E-state index contributed by atoms with van der Waals surface area (Å²) >= 11 is 6.22. The van der Waals surface area contributed by atoms with Crippen molar-refractivity contribution in [3.8, 4) is 11.5 Å². The minimum atomic E-state index is -0.383. The second kappa shape index (κ2) is 6.02. The molecule has 0 aliphatic carbocycles. The molecule has 2 aliphatic heterocycles. The molecule has 1 saturated heterocycles. The number of rotatable bonds is 2. The first-order valence-electron chi connectivity index (χ1n) is 7.00. The predicted octanol–water partition coefficient (Wildman–Crippen LogP) is 3.25. The van der Waals surface area contributed by atoms with Crippen LogP contribution in [0.2, 0.25) is 5.02 Å². The zero-order valence-corrected chi connectivity index (χ0v) is 11.9. The highest BCUT2D eigenvalue weighted by molar-refractivity contribution is 6.34. The summed E-state index contributed by atoms with van der Waals surface area (Å²) in [6.07, 6.45) is 3.22. The van der Waals surface area contributed by atoms with E-state index in [1.165, 1.54) is 0 Å². The third-order valence-electron chi connectivity index (χ3n) is 3.57. The molecule has 1 atom stereocenters. The molecular weight excluding hydrogens is 280 g/mol. The minimum Gasteiger partial charge on any atom is -0.490 e. The second-order valence-electron chi connectivity index (χ2n) is 5.05. The molecule has 2 aliphatic rings. The minimum absolute atomic E-state index is 0.0645. The van der Waals surface area contributed by atoms with Crippen LogP contribution in [0.5, 0.6) is 11.5 Å². The van der Waals surface area contributed by atoms with E-state index >= 15 is 0 Å². The first-order valence-corrected chi connectivity index (χ1v) is 7.38. The van der Waals surface area contributed by atoms with Crippen LogP contribution in [-0.2, 0) is 4.74 Å². The van der Waals surface area contributed by atoms with E-state index in [0.29, 0.717) is 41.9 Å². The lowest BCUT2D eigenvalue weighted by atomic mass is 9.99. The lowest BCUT2D eigenvalue weighted by Gasteiger charge is -2.22. The Balaban J connectivity index is 1.88. The van der Waals surface area contributed by atoms with Crippen LogP contribution in [0.4, 0.5) is 0 Å². The lowest BCUT2D eigenvalue weighted by molar-refractivity contribution is 0.0186. The molecule has 1 aromatic carbocycles. The van der Waals surface area contributed by atoms with Gasteiger partial charge in [-0.15, -0.1) is 0 Å². The average molecular weight is 297 g/mol. The van der Waals surface area contributed by atoms with Gasteiger partial charge < -0.3 is 14.2 Å². The standard InChI is InChI=1S/C15H17ClO4/c16-11-9-14-13(19-6-3-7-20-14)8-10(11)15(17)12-4-1-2-5-18-12/h8-9,12H,1-7H2. The smallest absolute Gasteiger partial charge is 0.193 e. The van der Waals surface area contributed by atoms with Gasteiger partial charge in [-0.25, -0.2) is 0 Å². The normalized spacial score (nSPS) is 22.1. The molecule has 0 N–H and O–H groups in total. The molecule has 0 radical (unpaired) electrons. The van der Waals surface area contributed by atoms with Gasteiger partial charge in [0.1, 0.15) is 6.10 Å². The number of fused-ring (bicyclic) bond motifs is 1. The van der Waals surface area contributed by atoms with Crippen molar-refractivity contribution < 1.29 is 19.0 Å². The molecule has 4 nitrogen and oxygen atoms in total. The Hall–Kier alpha value is -1.26. The highest BCUT2D eigenvalue weighted by atomic mass is 35.5. The number of hydrogen-bond donors (Lipinski definition) is 0. The molecule has 3 rings (SSSR count). The molecular formula is C15H17ClO4. The lowest BCUT2D eigenvalue weighted by Crippen LogP contribution is -2.28. The van der Waals surface area contributed by atoms with Crippen molar-refractivity contribution in [3.63, 3.8) is 0 Å². The van der Waals surface area contributed by atoms with Gasteiger partial charge in [-0.1, -0.05) is 11.6 Å². The van der Waals surface area contributed by atoms with Gasteiger partial charge in [-0.05, 0) is 25.3 Å². The van der Waals surface area contributed by atoms with E-state index in [2.05, 4.69) is 0 Å². The second-order valence-corrected chi connectivity index (χ2v) is 5.46. The zero-order valence-electron chi connectivity index (χ0n) is 11.2. The average Bonchev–Trinajstić information content (AvgIpc) is 2.71. The van der Waals surface area contributed by atoms with E-state index in [0.717, 1.165) is 25.7 Å². The Morgan fingerprint density at radius 2 is 1.80 bits per heavy atom. The van der Waals surface area contributed by atoms with Gasteiger partial charge in [0.15, 0.2) is 17.3 Å². The maximum atomic E-state index is 12.5. The van der Waals surface area contributed by atoms with Crippen molar-refractivity contribution in [2.24, 2.45) is 0 Å². The summed E-state index contributed by atoms with van der Waals surface area (Å²) in [5.74, 6) is 1.13. The van der Waals surface area contributed by atoms with E-state index < -0.39 is 0 Å². The quantitative estimate of drug-likeness (QED) is 0.786. The molecule has 0 bridgehead atoms. The van der Waals surface area contributed by atoms with Crippen LogP contribution >= 0.6 is 11.6 Å². The molecule has 108 valence electrons. The Morgan fingerprint density at radius 1 is 1.05 bits per heavy atom. The third kappa shape index (κ3) is 2.76. The van der Waals surface area contributed by atoms with Crippen LogP contribution in [0.1, 0.15) is 36.0 Å². The maximum Gasteiger partial charge on any atom is 0.193 e. The first-order chi connectivity index (χ1) is 9.75. The molecule has 20 heavy (non-hydrogen) atoms. The number of hydrogen-bond acceptors (Lipinski definition) is 4.